The predicted octanol–water partition coefficient (Wildman–Crippen LogP) is 0.622. The lowest BCUT2D eigenvalue weighted by Gasteiger charge is -2.40. The quantitative estimate of drug-likeness (QED) is 0.205. The molecule has 1 rings (SSSR count). The molecule has 0 spiro atoms. The minimum Gasteiger partial charge on any atom is -0.383 e. The van der Waals surface area contributed by atoms with E-state index in [0.29, 0.717) is 18.0 Å². The van der Waals surface area contributed by atoms with E-state index in [2.05, 4.69) is 22.7 Å². The Morgan fingerprint density at radius 2 is 2.25 bits per heavy atom. The Bertz CT molecular complexity index is 221. The summed E-state index contributed by atoms with van der Waals surface area (Å²) in [6.45, 7) is 4.48. The van der Waals surface area contributed by atoms with Crippen molar-refractivity contribution in [2.75, 3.05) is 26.8 Å². The Morgan fingerprint density at radius 3 is 2.69 bits per heavy atom. The first-order valence-electron chi connectivity index (χ1n) is 6.00. The van der Waals surface area contributed by atoms with E-state index in [1.807, 2.05) is 0 Å². The lowest BCUT2D eigenvalue weighted by Crippen LogP contribution is -2.44. The second-order valence-corrected chi connectivity index (χ2v) is 4.44. The van der Waals surface area contributed by atoms with Crippen molar-refractivity contribution >= 4 is 5.96 Å². The summed E-state index contributed by atoms with van der Waals surface area (Å²) >= 11 is 0. The number of nitrogens with one attached hydrogen (secondary N) is 2. The largest absolute Gasteiger partial charge is 0.383 e. The van der Waals surface area contributed by atoms with Crippen molar-refractivity contribution in [2.24, 2.45) is 16.3 Å². The average Bonchev–Trinajstić information content (AvgIpc) is 2.26. The first-order chi connectivity index (χ1) is 7.76. The Morgan fingerprint density at radius 1 is 1.50 bits per heavy atom. The van der Waals surface area contributed by atoms with E-state index in [-0.39, 0.29) is 0 Å². The van der Waals surface area contributed by atoms with E-state index in [1.165, 1.54) is 25.7 Å². The number of methoxy groups -OCH3 is 1. The fraction of sp³-hybridized carbons (Fsp3) is 0.909. The zero-order chi connectivity index (χ0) is 11.9. The molecule has 0 saturated heterocycles. The highest BCUT2D eigenvalue weighted by Gasteiger charge is 2.34. The Balaban J connectivity index is 2.33. The number of hydrogen-bond acceptors (Lipinski definition) is 3. The third-order valence-corrected chi connectivity index (χ3v) is 3.47. The van der Waals surface area contributed by atoms with Crippen LogP contribution < -0.4 is 16.6 Å². The number of aliphatic imine (C=N–C) groups is 1. The molecule has 5 heteroatoms. The van der Waals surface area contributed by atoms with Crippen LogP contribution in [0, 0.1) is 5.41 Å². The fourth-order valence-corrected chi connectivity index (χ4v) is 1.97. The number of nitrogens with zero attached hydrogens (tertiary/aromatic N) is 1. The minimum atomic E-state index is 0.436. The summed E-state index contributed by atoms with van der Waals surface area (Å²) in [5.74, 6) is 6.06. The predicted molar refractivity (Wildman–Crippen MR) is 66.1 cm³/mol. The molecule has 1 aliphatic rings. The van der Waals surface area contributed by atoms with Gasteiger partial charge in [-0.1, -0.05) is 13.3 Å². The van der Waals surface area contributed by atoms with Crippen LogP contribution >= 0.6 is 0 Å². The maximum atomic E-state index is 5.40. The summed E-state index contributed by atoms with van der Waals surface area (Å²) < 4.78 is 4.95. The van der Waals surface area contributed by atoms with Gasteiger partial charge in [0.05, 0.1) is 6.61 Å². The summed E-state index contributed by atoms with van der Waals surface area (Å²) in [5.41, 5.74) is 3.02. The van der Waals surface area contributed by atoms with E-state index >= 15 is 0 Å². The number of hydrazine groups is 1. The molecule has 0 aromatic heterocycles. The van der Waals surface area contributed by atoms with E-state index in [9.17, 15) is 0 Å². The van der Waals surface area contributed by atoms with Crippen molar-refractivity contribution in [3.63, 3.8) is 0 Å². The number of rotatable bonds is 6. The van der Waals surface area contributed by atoms with E-state index in [1.54, 1.807) is 7.11 Å². The molecule has 0 aromatic rings. The molecule has 1 saturated carbocycles. The molecular formula is C11H24N4O. The second-order valence-electron chi connectivity index (χ2n) is 4.44. The molecule has 0 bridgehead atoms. The lowest BCUT2D eigenvalue weighted by atomic mass is 9.67. The van der Waals surface area contributed by atoms with E-state index in [0.717, 1.165) is 13.1 Å². The number of hydrogen-bond donors (Lipinski definition) is 3. The molecule has 0 aliphatic heterocycles. The highest BCUT2D eigenvalue weighted by Crippen LogP contribution is 2.43. The molecule has 0 unspecified atom stereocenters. The monoisotopic (exact) mass is 228 g/mol. The first-order valence-corrected chi connectivity index (χ1v) is 6.00. The molecule has 5 nitrogen and oxygen atoms in total. The van der Waals surface area contributed by atoms with Gasteiger partial charge >= 0.3 is 0 Å². The van der Waals surface area contributed by atoms with Gasteiger partial charge in [-0.2, -0.15) is 0 Å². The van der Waals surface area contributed by atoms with Gasteiger partial charge in [-0.15, -0.1) is 0 Å². The van der Waals surface area contributed by atoms with E-state index < -0.39 is 0 Å². The average molecular weight is 228 g/mol. The topological polar surface area (TPSA) is 71.7 Å². The van der Waals surface area contributed by atoms with Crippen LogP contribution in [0.15, 0.2) is 4.99 Å². The maximum absolute atomic E-state index is 5.40. The van der Waals surface area contributed by atoms with Crippen LogP contribution in [0.5, 0.6) is 0 Å². The maximum Gasteiger partial charge on any atom is 0.205 e. The van der Waals surface area contributed by atoms with Crippen LogP contribution in [-0.2, 0) is 4.74 Å². The van der Waals surface area contributed by atoms with Crippen LogP contribution in [0.3, 0.4) is 0 Å². The molecule has 16 heavy (non-hydrogen) atoms. The summed E-state index contributed by atoms with van der Waals surface area (Å²) in [6.07, 6.45) is 5.13. The van der Waals surface area contributed by atoms with Gasteiger partial charge in [0.15, 0.2) is 0 Å². The molecule has 4 N–H and O–H groups in total. The van der Waals surface area contributed by atoms with Gasteiger partial charge in [0.1, 0.15) is 0 Å². The molecule has 0 amide bonds. The van der Waals surface area contributed by atoms with Gasteiger partial charge < -0.3 is 10.1 Å². The molecular weight excluding hydrogens is 204 g/mol. The van der Waals surface area contributed by atoms with Gasteiger partial charge in [-0.05, 0) is 24.7 Å². The molecule has 0 heterocycles. The van der Waals surface area contributed by atoms with E-state index in [4.69, 9.17) is 10.6 Å². The van der Waals surface area contributed by atoms with Gasteiger partial charge in [0, 0.05) is 20.2 Å². The zero-order valence-electron chi connectivity index (χ0n) is 10.4. The normalized spacial score (nSPS) is 19.1. The molecule has 94 valence electrons. The van der Waals surface area contributed by atoms with Crippen LogP contribution in [0.25, 0.3) is 0 Å². The summed E-state index contributed by atoms with van der Waals surface area (Å²) in [7, 11) is 1.68. The molecule has 0 atom stereocenters. The summed E-state index contributed by atoms with van der Waals surface area (Å²) in [6, 6.07) is 0. The molecule has 1 fully saturated rings. The van der Waals surface area contributed by atoms with Gasteiger partial charge in [-0.3, -0.25) is 10.4 Å². The first kappa shape index (κ1) is 13.3. The lowest BCUT2D eigenvalue weighted by molar-refractivity contribution is 0.139. The fourth-order valence-electron chi connectivity index (χ4n) is 1.97. The highest BCUT2D eigenvalue weighted by molar-refractivity contribution is 5.79. The number of guanidine groups is 1. The van der Waals surface area contributed by atoms with Crippen LogP contribution in [0.2, 0.25) is 0 Å². The molecule has 0 radical (unpaired) electrons. The van der Waals surface area contributed by atoms with Crippen LogP contribution in [0.4, 0.5) is 0 Å². The highest BCUT2D eigenvalue weighted by atomic mass is 16.5. The van der Waals surface area contributed by atoms with Gasteiger partial charge in [0.25, 0.3) is 0 Å². The van der Waals surface area contributed by atoms with Crippen molar-refractivity contribution in [3.05, 3.63) is 0 Å². The summed E-state index contributed by atoms with van der Waals surface area (Å²) in [4.78, 5) is 4.49. The van der Waals surface area contributed by atoms with Crippen molar-refractivity contribution in [3.8, 4) is 0 Å². The Kier molecular flexibility index (Phi) is 5.55. The number of nitrogens with two attached hydrogens (primary N) is 1. The van der Waals surface area contributed by atoms with Crippen molar-refractivity contribution < 1.29 is 4.74 Å². The summed E-state index contributed by atoms with van der Waals surface area (Å²) in [5, 5.41) is 3.10. The third-order valence-electron chi connectivity index (χ3n) is 3.47. The van der Waals surface area contributed by atoms with Crippen LogP contribution in [-0.4, -0.2) is 32.8 Å². The Hall–Kier alpha value is -0.810. The standard InChI is InChI=1S/C11H24N4O/c1-3-11(5-4-6-11)9-14-10(15-12)13-7-8-16-2/h3-9,12H2,1-2H3,(H2,13,14,15). The smallest absolute Gasteiger partial charge is 0.205 e. The number of ether oxygens (including phenoxy) is 1. The zero-order valence-corrected chi connectivity index (χ0v) is 10.4. The van der Waals surface area contributed by atoms with Crippen molar-refractivity contribution in [1.82, 2.24) is 10.7 Å². The van der Waals surface area contributed by atoms with Gasteiger partial charge in [0.2, 0.25) is 5.96 Å². The Labute approximate surface area is 97.8 Å². The van der Waals surface area contributed by atoms with Crippen molar-refractivity contribution in [2.45, 2.75) is 32.6 Å². The minimum absolute atomic E-state index is 0.436. The molecule has 1 aliphatic carbocycles. The van der Waals surface area contributed by atoms with Gasteiger partial charge in [-0.25, -0.2) is 5.84 Å². The van der Waals surface area contributed by atoms with Crippen molar-refractivity contribution in [1.29, 1.82) is 0 Å². The third kappa shape index (κ3) is 3.64. The molecule has 0 aromatic carbocycles. The SMILES string of the molecule is CCC1(CN=C(NN)NCCOC)CCC1. The van der Waals surface area contributed by atoms with Crippen LogP contribution in [0.1, 0.15) is 32.6 Å². The second kappa shape index (κ2) is 6.70.